The molecular formula is C17H19NO2. The predicted molar refractivity (Wildman–Crippen MR) is 80.6 cm³/mol. The zero-order valence-electron chi connectivity index (χ0n) is 11.6. The number of phenolic OH excluding ortho intramolecular Hbond substituents is 1. The lowest BCUT2D eigenvalue weighted by molar-refractivity contribution is 0.194. The molecule has 1 aliphatic rings. The lowest BCUT2D eigenvalue weighted by Crippen LogP contribution is -2.41. The molecular weight excluding hydrogens is 250 g/mol. The van der Waals surface area contributed by atoms with Gasteiger partial charge in [0, 0.05) is 19.0 Å². The maximum Gasteiger partial charge on any atom is 0.143 e. The number of fused-ring (bicyclic) bond motifs is 1. The molecule has 0 saturated carbocycles. The maximum absolute atomic E-state index is 9.62. The van der Waals surface area contributed by atoms with Gasteiger partial charge in [-0.2, -0.15) is 0 Å². The first-order chi connectivity index (χ1) is 9.76. The van der Waals surface area contributed by atoms with Crippen LogP contribution in [0.2, 0.25) is 0 Å². The summed E-state index contributed by atoms with van der Waals surface area (Å²) in [5, 5.41) is 9.62. The van der Waals surface area contributed by atoms with E-state index in [2.05, 4.69) is 36.1 Å². The van der Waals surface area contributed by atoms with Crippen LogP contribution < -0.4 is 9.64 Å². The van der Waals surface area contributed by atoms with Crippen LogP contribution in [-0.2, 0) is 6.42 Å². The van der Waals surface area contributed by atoms with Crippen molar-refractivity contribution in [3.05, 3.63) is 54.1 Å². The van der Waals surface area contributed by atoms with Crippen molar-refractivity contribution in [3.8, 4) is 11.5 Å². The average molecular weight is 269 g/mol. The molecule has 3 nitrogen and oxygen atoms in total. The molecule has 0 amide bonds. The smallest absolute Gasteiger partial charge is 0.143 e. The molecule has 2 aromatic carbocycles. The van der Waals surface area contributed by atoms with Crippen molar-refractivity contribution in [3.63, 3.8) is 0 Å². The Bertz CT molecular complexity index is 583. The highest BCUT2D eigenvalue weighted by atomic mass is 16.5. The minimum absolute atomic E-state index is 0.148. The number of likely N-dealkylation sites (N-methyl/N-ethyl adjacent to an activating group) is 1. The zero-order chi connectivity index (χ0) is 13.9. The highest BCUT2D eigenvalue weighted by Gasteiger charge is 2.25. The van der Waals surface area contributed by atoms with Crippen LogP contribution in [0.4, 0.5) is 5.69 Å². The van der Waals surface area contributed by atoms with Crippen molar-refractivity contribution in [1.29, 1.82) is 0 Å². The molecule has 0 aromatic heterocycles. The van der Waals surface area contributed by atoms with E-state index in [-0.39, 0.29) is 11.9 Å². The summed E-state index contributed by atoms with van der Waals surface area (Å²) in [6.07, 6.45) is 1.05. The van der Waals surface area contributed by atoms with E-state index >= 15 is 0 Å². The minimum atomic E-state index is 0.148. The Morgan fingerprint density at radius 1 is 1.20 bits per heavy atom. The van der Waals surface area contributed by atoms with E-state index in [1.54, 1.807) is 12.1 Å². The first-order valence-corrected chi connectivity index (χ1v) is 7.05. The van der Waals surface area contributed by atoms with Crippen LogP contribution in [-0.4, -0.2) is 24.3 Å². The van der Waals surface area contributed by atoms with Crippen LogP contribution in [0.5, 0.6) is 11.5 Å². The molecule has 0 fully saturated rings. The van der Waals surface area contributed by atoms with Gasteiger partial charge < -0.3 is 14.7 Å². The summed E-state index contributed by atoms with van der Waals surface area (Å²) in [5.74, 6) is 1.14. The van der Waals surface area contributed by atoms with Gasteiger partial charge in [0.25, 0.3) is 0 Å². The normalized spacial score (nSPS) is 17.4. The van der Waals surface area contributed by atoms with E-state index in [9.17, 15) is 5.11 Å². The number of hydrogen-bond donors (Lipinski definition) is 1. The van der Waals surface area contributed by atoms with Crippen LogP contribution in [0.25, 0.3) is 0 Å². The highest BCUT2D eigenvalue weighted by Crippen LogP contribution is 2.36. The lowest BCUT2D eigenvalue weighted by Gasteiger charge is -2.35. The van der Waals surface area contributed by atoms with Crippen molar-refractivity contribution in [2.24, 2.45) is 0 Å². The van der Waals surface area contributed by atoms with E-state index in [0.29, 0.717) is 0 Å². The van der Waals surface area contributed by atoms with E-state index in [1.165, 1.54) is 5.56 Å². The van der Waals surface area contributed by atoms with Gasteiger partial charge in [-0.25, -0.2) is 0 Å². The Labute approximate surface area is 119 Å². The summed E-state index contributed by atoms with van der Waals surface area (Å²) in [6, 6.07) is 15.7. The Morgan fingerprint density at radius 3 is 2.75 bits per heavy atom. The number of rotatable bonds is 3. The van der Waals surface area contributed by atoms with Crippen LogP contribution >= 0.6 is 0 Å². The van der Waals surface area contributed by atoms with Gasteiger partial charge in [-0.05, 0) is 24.6 Å². The second kappa shape index (κ2) is 5.45. The molecule has 0 aliphatic carbocycles. The first kappa shape index (κ1) is 12.9. The molecule has 2 aromatic rings. The lowest BCUT2D eigenvalue weighted by atomic mass is 10.1. The molecule has 0 spiro atoms. The van der Waals surface area contributed by atoms with Crippen LogP contribution in [0, 0.1) is 0 Å². The average Bonchev–Trinajstić information content (AvgIpc) is 2.48. The van der Waals surface area contributed by atoms with Gasteiger partial charge in [-0.1, -0.05) is 30.3 Å². The summed E-state index contributed by atoms with van der Waals surface area (Å²) in [7, 11) is 0. The predicted octanol–water partition coefficient (Wildman–Crippen LogP) is 3.22. The number of phenols is 1. The van der Waals surface area contributed by atoms with Gasteiger partial charge in [-0.3, -0.25) is 0 Å². The summed E-state index contributed by atoms with van der Waals surface area (Å²) in [5.41, 5.74) is 2.27. The number of hydrogen-bond acceptors (Lipinski definition) is 3. The number of aromatic hydroxyl groups is 1. The fourth-order valence-corrected chi connectivity index (χ4v) is 2.70. The van der Waals surface area contributed by atoms with Gasteiger partial charge in [0.1, 0.15) is 17.6 Å². The Morgan fingerprint density at radius 2 is 2.00 bits per heavy atom. The summed E-state index contributed by atoms with van der Waals surface area (Å²) in [6.45, 7) is 3.88. The Kier molecular flexibility index (Phi) is 3.50. The van der Waals surface area contributed by atoms with Crippen molar-refractivity contribution in [1.82, 2.24) is 0 Å². The molecule has 0 radical (unpaired) electrons. The third-order valence-corrected chi connectivity index (χ3v) is 3.69. The van der Waals surface area contributed by atoms with Crippen molar-refractivity contribution < 1.29 is 9.84 Å². The molecule has 3 heteroatoms. The van der Waals surface area contributed by atoms with Gasteiger partial charge in [-0.15, -0.1) is 0 Å². The second-order valence-electron chi connectivity index (χ2n) is 5.12. The largest absolute Gasteiger partial charge is 0.508 e. The molecule has 20 heavy (non-hydrogen) atoms. The third kappa shape index (κ3) is 2.57. The minimum Gasteiger partial charge on any atom is -0.508 e. The van der Waals surface area contributed by atoms with Crippen molar-refractivity contribution in [2.75, 3.05) is 18.0 Å². The summed E-state index contributed by atoms with van der Waals surface area (Å²) >= 11 is 0. The molecule has 3 rings (SSSR count). The van der Waals surface area contributed by atoms with Gasteiger partial charge in [0.05, 0.1) is 12.2 Å². The first-order valence-electron chi connectivity index (χ1n) is 7.05. The van der Waals surface area contributed by atoms with Gasteiger partial charge in [0.2, 0.25) is 0 Å². The number of benzene rings is 2. The molecule has 0 saturated heterocycles. The van der Waals surface area contributed by atoms with Gasteiger partial charge >= 0.3 is 0 Å². The summed E-state index contributed by atoms with van der Waals surface area (Å²) < 4.78 is 6.07. The maximum atomic E-state index is 9.62. The van der Waals surface area contributed by atoms with E-state index in [4.69, 9.17) is 4.74 Å². The van der Waals surface area contributed by atoms with E-state index in [1.807, 2.05) is 12.1 Å². The summed E-state index contributed by atoms with van der Waals surface area (Å²) in [4.78, 5) is 2.26. The van der Waals surface area contributed by atoms with Crippen LogP contribution in [0.15, 0.2) is 48.5 Å². The van der Waals surface area contributed by atoms with Crippen molar-refractivity contribution >= 4 is 5.69 Å². The second-order valence-corrected chi connectivity index (χ2v) is 5.12. The Hall–Kier alpha value is -2.16. The monoisotopic (exact) mass is 269 g/mol. The molecule has 0 bridgehead atoms. The molecule has 1 N–H and O–H groups in total. The molecule has 1 aliphatic heterocycles. The van der Waals surface area contributed by atoms with Crippen molar-refractivity contribution in [2.45, 2.75) is 19.4 Å². The van der Waals surface area contributed by atoms with Gasteiger partial charge in [0.15, 0.2) is 0 Å². The molecule has 1 heterocycles. The topological polar surface area (TPSA) is 32.7 Å². The molecule has 104 valence electrons. The fraction of sp³-hybridized carbons (Fsp3) is 0.294. The SMILES string of the molecule is CCN1CC(Cc2ccccc2)Oc2ccc(O)cc21. The quantitative estimate of drug-likeness (QED) is 0.928. The van der Waals surface area contributed by atoms with Crippen LogP contribution in [0.3, 0.4) is 0 Å². The highest BCUT2D eigenvalue weighted by molar-refractivity contribution is 5.62. The Balaban J connectivity index is 1.82. The van der Waals surface area contributed by atoms with E-state index < -0.39 is 0 Å². The number of nitrogens with zero attached hydrogens (tertiary/aromatic N) is 1. The molecule has 1 unspecified atom stereocenters. The van der Waals surface area contributed by atoms with Crippen LogP contribution in [0.1, 0.15) is 12.5 Å². The third-order valence-electron chi connectivity index (χ3n) is 3.69. The number of anilines is 1. The molecule has 1 atom stereocenters. The standard InChI is InChI=1S/C17H19NO2/c1-2-18-12-15(10-13-6-4-3-5-7-13)20-17-9-8-14(19)11-16(17)18/h3-9,11,15,19H,2,10,12H2,1H3. The van der Waals surface area contributed by atoms with E-state index in [0.717, 1.165) is 30.9 Å². The fourth-order valence-electron chi connectivity index (χ4n) is 2.70. The number of ether oxygens (including phenoxy) is 1. The zero-order valence-corrected chi connectivity index (χ0v) is 11.6.